The molecule has 1 heterocycles. The zero-order chi connectivity index (χ0) is 13.5. The van der Waals surface area contributed by atoms with Crippen LogP contribution in [0.1, 0.15) is 5.56 Å². The van der Waals surface area contributed by atoms with E-state index in [-0.39, 0.29) is 6.03 Å². The monoisotopic (exact) mass is 262 g/mol. The molecule has 1 fully saturated rings. The Kier molecular flexibility index (Phi) is 4.77. The molecule has 6 heteroatoms. The van der Waals surface area contributed by atoms with E-state index < -0.39 is 0 Å². The lowest BCUT2D eigenvalue weighted by Crippen LogP contribution is -2.45. The van der Waals surface area contributed by atoms with Crippen LogP contribution in [0.4, 0.5) is 4.79 Å². The van der Waals surface area contributed by atoms with Crippen LogP contribution in [0.5, 0.6) is 0 Å². The molecule has 0 spiro atoms. The zero-order valence-corrected chi connectivity index (χ0v) is 10.6. The average Bonchev–Trinajstić information content (AvgIpc) is 2.49. The SMILES string of the molecule is NN/C(=C\NC(=O)N1CCOCC1)c1ccccc1. The molecule has 0 atom stereocenters. The van der Waals surface area contributed by atoms with Crippen molar-refractivity contribution in [3.05, 3.63) is 42.1 Å². The van der Waals surface area contributed by atoms with Crippen LogP contribution in [0.25, 0.3) is 5.70 Å². The Morgan fingerprint density at radius 3 is 2.58 bits per heavy atom. The summed E-state index contributed by atoms with van der Waals surface area (Å²) in [5, 5.41) is 2.73. The molecule has 1 aromatic rings. The van der Waals surface area contributed by atoms with Gasteiger partial charge in [0.05, 0.1) is 18.9 Å². The first-order valence-corrected chi connectivity index (χ1v) is 6.16. The second-order valence-electron chi connectivity index (χ2n) is 4.12. The number of nitrogens with one attached hydrogen (secondary N) is 2. The fraction of sp³-hybridized carbons (Fsp3) is 0.308. The van der Waals surface area contributed by atoms with Gasteiger partial charge in [-0.25, -0.2) is 4.79 Å². The summed E-state index contributed by atoms with van der Waals surface area (Å²) < 4.78 is 5.20. The number of hydrazine groups is 1. The van der Waals surface area contributed by atoms with Crippen LogP contribution in [0.2, 0.25) is 0 Å². The lowest BCUT2D eigenvalue weighted by atomic mass is 10.2. The predicted molar refractivity (Wildman–Crippen MR) is 72.7 cm³/mol. The maximum atomic E-state index is 11.9. The van der Waals surface area contributed by atoms with Crippen LogP contribution < -0.4 is 16.6 Å². The van der Waals surface area contributed by atoms with Gasteiger partial charge in [-0.05, 0) is 0 Å². The molecular weight excluding hydrogens is 244 g/mol. The van der Waals surface area contributed by atoms with Crippen LogP contribution >= 0.6 is 0 Å². The normalized spacial score (nSPS) is 16.1. The number of hydrogen-bond donors (Lipinski definition) is 3. The number of carbonyl (C=O) groups is 1. The first kappa shape index (κ1) is 13.4. The molecule has 0 radical (unpaired) electrons. The van der Waals surface area contributed by atoms with E-state index in [1.54, 1.807) is 11.1 Å². The van der Waals surface area contributed by atoms with Crippen LogP contribution in [0.15, 0.2) is 36.5 Å². The topological polar surface area (TPSA) is 79.6 Å². The first-order valence-electron chi connectivity index (χ1n) is 6.16. The van der Waals surface area contributed by atoms with Crippen molar-refractivity contribution in [2.45, 2.75) is 0 Å². The Morgan fingerprint density at radius 2 is 1.95 bits per heavy atom. The number of hydrogen-bond acceptors (Lipinski definition) is 4. The van der Waals surface area contributed by atoms with E-state index in [2.05, 4.69) is 10.7 Å². The van der Waals surface area contributed by atoms with Gasteiger partial charge in [0.2, 0.25) is 0 Å². The van der Waals surface area contributed by atoms with Gasteiger partial charge in [0, 0.05) is 24.9 Å². The summed E-state index contributed by atoms with van der Waals surface area (Å²) in [5.74, 6) is 5.47. The summed E-state index contributed by atoms with van der Waals surface area (Å²) in [4.78, 5) is 13.6. The third-order valence-electron chi connectivity index (χ3n) is 2.88. The zero-order valence-electron chi connectivity index (χ0n) is 10.6. The van der Waals surface area contributed by atoms with Gasteiger partial charge >= 0.3 is 6.03 Å². The number of nitrogens with zero attached hydrogens (tertiary/aromatic N) is 1. The second kappa shape index (κ2) is 6.77. The number of nitrogens with two attached hydrogens (primary N) is 1. The molecule has 102 valence electrons. The minimum Gasteiger partial charge on any atom is -0.378 e. The Balaban J connectivity index is 1.97. The van der Waals surface area contributed by atoms with Crippen LogP contribution in [-0.2, 0) is 4.74 Å². The van der Waals surface area contributed by atoms with Crippen LogP contribution in [0, 0.1) is 0 Å². The average molecular weight is 262 g/mol. The minimum absolute atomic E-state index is 0.146. The largest absolute Gasteiger partial charge is 0.378 e. The summed E-state index contributed by atoms with van der Waals surface area (Å²) in [6.07, 6.45) is 1.58. The number of rotatable bonds is 3. The van der Waals surface area contributed by atoms with Crippen molar-refractivity contribution in [1.82, 2.24) is 15.6 Å². The fourth-order valence-electron chi connectivity index (χ4n) is 1.82. The summed E-state index contributed by atoms with van der Waals surface area (Å²) >= 11 is 0. The predicted octanol–water partition coefficient (Wildman–Crippen LogP) is 0.490. The highest BCUT2D eigenvalue weighted by Gasteiger charge is 2.15. The smallest absolute Gasteiger partial charge is 0.321 e. The molecule has 6 nitrogen and oxygen atoms in total. The third kappa shape index (κ3) is 3.70. The lowest BCUT2D eigenvalue weighted by molar-refractivity contribution is 0.0540. The molecule has 19 heavy (non-hydrogen) atoms. The molecule has 1 aliphatic heterocycles. The van der Waals surface area contributed by atoms with Crippen molar-refractivity contribution in [2.24, 2.45) is 5.84 Å². The molecule has 1 aliphatic rings. The molecule has 0 saturated carbocycles. The molecule has 2 amide bonds. The highest BCUT2D eigenvalue weighted by atomic mass is 16.5. The van der Waals surface area contributed by atoms with Gasteiger partial charge in [-0.2, -0.15) is 0 Å². The van der Waals surface area contributed by atoms with E-state index in [1.807, 2.05) is 30.3 Å². The van der Waals surface area contributed by atoms with Crippen molar-refractivity contribution in [2.75, 3.05) is 26.3 Å². The summed E-state index contributed by atoms with van der Waals surface area (Å²) in [5.41, 5.74) is 4.14. The van der Waals surface area contributed by atoms with Crippen molar-refractivity contribution < 1.29 is 9.53 Å². The van der Waals surface area contributed by atoms with Gasteiger partial charge in [0.15, 0.2) is 0 Å². The van der Waals surface area contributed by atoms with Gasteiger partial charge in [-0.3, -0.25) is 5.84 Å². The van der Waals surface area contributed by atoms with E-state index in [0.717, 1.165) is 5.56 Å². The second-order valence-corrected chi connectivity index (χ2v) is 4.12. The third-order valence-corrected chi connectivity index (χ3v) is 2.88. The molecular formula is C13H18N4O2. The standard InChI is InChI=1S/C13H18N4O2/c14-16-12(11-4-2-1-3-5-11)10-15-13(18)17-6-8-19-9-7-17/h1-5,10,16H,6-9,14H2,(H,15,18)/b12-10-. The molecule has 0 bridgehead atoms. The van der Waals surface area contributed by atoms with E-state index in [0.29, 0.717) is 32.0 Å². The maximum Gasteiger partial charge on any atom is 0.321 e. The minimum atomic E-state index is -0.146. The van der Waals surface area contributed by atoms with E-state index in [4.69, 9.17) is 10.6 Å². The Bertz CT molecular complexity index is 441. The summed E-state index contributed by atoms with van der Waals surface area (Å²) in [6, 6.07) is 9.41. The Labute approximate surface area is 112 Å². The Hall–Kier alpha value is -2.05. The van der Waals surface area contributed by atoms with E-state index in [9.17, 15) is 4.79 Å². The van der Waals surface area contributed by atoms with Crippen molar-refractivity contribution in [1.29, 1.82) is 0 Å². The number of amides is 2. The Morgan fingerprint density at radius 1 is 1.26 bits per heavy atom. The van der Waals surface area contributed by atoms with Gasteiger partial charge in [0.1, 0.15) is 0 Å². The number of benzene rings is 1. The summed E-state index contributed by atoms with van der Waals surface area (Å²) in [7, 11) is 0. The molecule has 0 unspecified atom stereocenters. The molecule has 2 rings (SSSR count). The molecule has 1 saturated heterocycles. The van der Waals surface area contributed by atoms with Crippen LogP contribution in [-0.4, -0.2) is 37.2 Å². The molecule has 1 aromatic carbocycles. The first-order chi connectivity index (χ1) is 9.31. The van der Waals surface area contributed by atoms with E-state index >= 15 is 0 Å². The maximum absolute atomic E-state index is 11.9. The molecule has 0 aliphatic carbocycles. The number of carbonyl (C=O) groups excluding carboxylic acids is 1. The number of ether oxygens (including phenoxy) is 1. The van der Waals surface area contributed by atoms with Gasteiger partial charge in [0.25, 0.3) is 0 Å². The van der Waals surface area contributed by atoms with E-state index in [1.165, 1.54) is 0 Å². The molecule has 4 N–H and O–H groups in total. The van der Waals surface area contributed by atoms with Crippen molar-refractivity contribution in [3.8, 4) is 0 Å². The number of morpholine rings is 1. The van der Waals surface area contributed by atoms with Crippen molar-refractivity contribution >= 4 is 11.7 Å². The summed E-state index contributed by atoms with van der Waals surface area (Å²) in [6.45, 7) is 2.38. The quantitative estimate of drug-likeness (QED) is 0.547. The highest BCUT2D eigenvalue weighted by molar-refractivity contribution is 5.77. The van der Waals surface area contributed by atoms with Gasteiger partial charge in [-0.15, -0.1) is 0 Å². The molecule has 0 aromatic heterocycles. The lowest BCUT2D eigenvalue weighted by Gasteiger charge is -2.26. The van der Waals surface area contributed by atoms with Crippen molar-refractivity contribution in [3.63, 3.8) is 0 Å². The van der Waals surface area contributed by atoms with Gasteiger partial charge < -0.3 is 20.4 Å². The van der Waals surface area contributed by atoms with Crippen LogP contribution in [0.3, 0.4) is 0 Å². The number of urea groups is 1. The fourth-order valence-corrected chi connectivity index (χ4v) is 1.82. The highest BCUT2D eigenvalue weighted by Crippen LogP contribution is 2.08. The van der Waals surface area contributed by atoms with Gasteiger partial charge in [-0.1, -0.05) is 30.3 Å².